The molecular weight excluding hydrogens is 219 g/mol. The van der Waals surface area contributed by atoms with E-state index in [2.05, 4.69) is 0 Å². The van der Waals surface area contributed by atoms with Crippen LogP contribution in [0.3, 0.4) is 0 Å². The van der Waals surface area contributed by atoms with Crippen LogP contribution in [0.1, 0.15) is 15.9 Å². The molecule has 0 amide bonds. The van der Waals surface area contributed by atoms with Crippen molar-refractivity contribution in [2.45, 2.75) is 6.18 Å². The minimum atomic E-state index is -4.53. The van der Waals surface area contributed by atoms with Gasteiger partial charge in [-0.05, 0) is 12.1 Å². The zero-order valence-corrected chi connectivity index (χ0v) is 7.49. The highest BCUT2D eigenvalue weighted by Gasteiger charge is 2.31. The number of nitrogens with two attached hydrogens (primary N) is 1. The Labute approximate surface area is 82.5 Å². The highest BCUT2D eigenvalue weighted by Crippen LogP contribution is 2.34. The van der Waals surface area contributed by atoms with E-state index >= 15 is 0 Å². The number of anilines is 1. The van der Waals surface area contributed by atoms with Crippen molar-refractivity contribution >= 4 is 23.6 Å². The van der Waals surface area contributed by atoms with E-state index < -0.39 is 11.7 Å². The smallest absolute Gasteiger partial charge is 0.397 e. The van der Waals surface area contributed by atoms with Crippen molar-refractivity contribution in [1.29, 1.82) is 0 Å². The van der Waals surface area contributed by atoms with Gasteiger partial charge >= 0.3 is 6.18 Å². The highest BCUT2D eigenvalue weighted by atomic mass is 35.5. The van der Waals surface area contributed by atoms with Gasteiger partial charge in [0, 0.05) is 5.56 Å². The van der Waals surface area contributed by atoms with Crippen LogP contribution in [0.2, 0.25) is 5.02 Å². The molecule has 0 heterocycles. The van der Waals surface area contributed by atoms with E-state index in [1.807, 2.05) is 0 Å². The lowest BCUT2D eigenvalue weighted by molar-refractivity contribution is -0.137. The summed E-state index contributed by atoms with van der Waals surface area (Å²) in [6.45, 7) is 0. The van der Waals surface area contributed by atoms with E-state index in [0.29, 0.717) is 12.1 Å². The summed E-state index contributed by atoms with van der Waals surface area (Å²) in [6, 6.07) is 1.35. The third kappa shape index (κ3) is 1.98. The Hall–Kier alpha value is -1.23. The summed E-state index contributed by atoms with van der Waals surface area (Å²) < 4.78 is 36.6. The van der Waals surface area contributed by atoms with Gasteiger partial charge in [-0.3, -0.25) is 4.79 Å². The van der Waals surface area contributed by atoms with E-state index in [1.54, 1.807) is 0 Å². The van der Waals surface area contributed by atoms with Gasteiger partial charge in [0.1, 0.15) is 0 Å². The summed E-state index contributed by atoms with van der Waals surface area (Å²) in [5.74, 6) is 0. The van der Waals surface area contributed by atoms with Crippen molar-refractivity contribution in [3.63, 3.8) is 0 Å². The number of carbonyl (C=O) groups is 1. The zero-order chi connectivity index (χ0) is 10.9. The molecule has 0 bridgehead atoms. The maximum absolute atomic E-state index is 12.2. The Balaban J connectivity index is 3.37. The van der Waals surface area contributed by atoms with Gasteiger partial charge in [0.25, 0.3) is 0 Å². The van der Waals surface area contributed by atoms with Gasteiger partial charge in [-0.2, -0.15) is 13.2 Å². The second-order valence-electron chi connectivity index (χ2n) is 2.58. The fourth-order valence-electron chi connectivity index (χ4n) is 0.900. The second-order valence-corrected chi connectivity index (χ2v) is 2.98. The SMILES string of the molecule is Nc1c(Cl)cc(C(F)(F)F)cc1C=O. The molecule has 0 aliphatic heterocycles. The standard InChI is InChI=1S/C8H5ClF3NO/c9-6-2-5(8(10,11)12)1-4(3-14)7(6)13/h1-3H,13H2. The van der Waals surface area contributed by atoms with Crippen LogP contribution in [0.5, 0.6) is 0 Å². The number of benzene rings is 1. The van der Waals surface area contributed by atoms with Crippen LogP contribution < -0.4 is 5.73 Å². The Morgan fingerprint density at radius 3 is 2.36 bits per heavy atom. The number of carbonyl (C=O) groups excluding carboxylic acids is 1. The molecule has 2 nitrogen and oxygen atoms in total. The predicted octanol–water partition coefficient (Wildman–Crippen LogP) is 2.75. The first-order chi connectivity index (χ1) is 6.36. The number of alkyl halides is 3. The van der Waals surface area contributed by atoms with Crippen LogP contribution in [0.25, 0.3) is 0 Å². The molecule has 0 unspecified atom stereocenters. The summed E-state index contributed by atoms with van der Waals surface area (Å²) in [5, 5.41) is -0.276. The first kappa shape index (κ1) is 10.8. The van der Waals surface area contributed by atoms with Gasteiger partial charge in [-0.1, -0.05) is 11.6 Å². The topological polar surface area (TPSA) is 43.1 Å². The molecule has 2 N–H and O–H groups in total. The molecule has 0 saturated carbocycles. The van der Waals surface area contributed by atoms with Crippen molar-refractivity contribution in [1.82, 2.24) is 0 Å². The van der Waals surface area contributed by atoms with Crippen LogP contribution in [0, 0.1) is 0 Å². The van der Waals surface area contributed by atoms with E-state index in [0.717, 1.165) is 0 Å². The molecule has 14 heavy (non-hydrogen) atoms. The van der Waals surface area contributed by atoms with Crippen LogP contribution in [-0.4, -0.2) is 6.29 Å². The fourth-order valence-corrected chi connectivity index (χ4v) is 1.13. The third-order valence-electron chi connectivity index (χ3n) is 1.62. The Kier molecular flexibility index (Phi) is 2.71. The molecule has 0 fully saturated rings. The van der Waals surface area contributed by atoms with Crippen molar-refractivity contribution in [2.75, 3.05) is 5.73 Å². The summed E-state index contributed by atoms with van der Waals surface area (Å²) in [6.07, 6.45) is -4.30. The first-order valence-corrected chi connectivity index (χ1v) is 3.85. The van der Waals surface area contributed by atoms with Crippen LogP contribution in [0.15, 0.2) is 12.1 Å². The van der Waals surface area contributed by atoms with E-state index in [4.69, 9.17) is 17.3 Å². The molecular formula is C8H5ClF3NO. The summed E-state index contributed by atoms with van der Waals surface area (Å²) in [5.41, 5.74) is 3.88. The largest absolute Gasteiger partial charge is 0.416 e. The molecule has 1 aromatic carbocycles. The normalized spacial score (nSPS) is 11.4. The number of rotatable bonds is 1. The molecule has 6 heteroatoms. The molecule has 0 saturated heterocycles. The van der Waals surface area contributed by atoms with Crippen molar-refractivity contribution < 1.29 is 18.0 Å². The van der Waals surface area contributed by atoms with Gasteiger partial charge in [0.2, 0.25) is 0 Å². The van der Waals surface area contributed by atoms with E-state index in [9.17, 15) is 18.0 Å². The van der Waals surface area contributed by atoms with Gasteiger partial charge < -0.3 is 5.73 Å². The maximum Gasteiger partial charge on any atom is 0.416 e. The van der Waals surface area contributed by atoms with Crippen molar-refractivity contribution in [2.24, 2.45) is 0 Å². The minimum absolute atomic E-state index is 0.144. The lowest BCUT2D eigenvalue weighted by Gasteiger charge is -2.09. The van der Waals surface area contributed by atoms with Crippen LogP contribution >= 0.6 is 11.6 Å². The Morgan fingerprint density at radius 2 is 1.93 bits per heavy atom. The lowest BCUT2D eigenvalue weighted by atomic mass is 10.1. The van der Waals surface area contributed by atoms with Crippen LogP contribution in [0.4, 0.5) is 18.9 Å². The molecule has 0 spiro atoms. The summed E-state index contributed by atoms with van der Waals surface area (Å²) in [4.78, 5) is 10.4. The number of hydrogen-bond acceptors (Lipinski definition) is 2. The first-order valence-electron chi connectivity index (χ1n) is 3.47. The molecule has 0 radical (unpaired) electrons. The van der Waals surface area contributed by atoms with Crippen molar-refractivity contribution in [3.05, 3.63) is 28.3 Å². The molecule has 1 rings (SSSR count). The molecule has 0 aliphatic carbocycles. The molecule has 76 valence electrons. The van der Waals surface area contributed by atoms with E-state index in [-0.39, 0.29) is 22.6 Å². The molecule has 1 aromatic rings. The van der Waals surface area contributed by atoms with Crippen molar-refractivity contribution in [3.8, 4) is 0 Å². The minimum Gasteiger partial charge on any atom is -0.397 e. The average Bonchev–Trinajstić information content (AvgIpc) is 2.07. The average molecular weight is 224 g/mol. The van der Waals surface area contributed by atoms with Crippen LogP contribution in [-0.2, 0) is 6.18 Å². The predicted molar refractivity (Wildman–Crippen MR) is 46.3 cm³/mol. The monoisotopic (exact) mass is 223 g/mol. The molecule has 0 aliphatic rings. The zero-order valence-electron chi connectivity index (χ0n) is 6.73. The number of nitrogen functional groups attached to an aromatic ring is 1. The molecule has 0 aromatic heterocycles. The van der Waals surface area contributed by atoms with Gasteiger partial charge in [-0.25, -0.2) is 0 Å². The maximum atomic E-state index is 12.2. The Morgan fingerprint density at radius 1 is 1.36 bits per heavy atom. The number of hydrogen-bond donors (Lipinski definition) is 1. The number of halogens is 4. The summed E-state index contributed by atoms with van der Waals surface area (Å²) >= 11 is 5.42. The quantitative estimate of drug-likeness (QED) is 0.588. The lowest BCUT2D eigenvalue weighted by Crippen LogP contribution is -2.07. The van der Waals surface area contributed by atoms with Gasteiger partial charge in [-0.15, -0.1) is 0 Å². The third-order valence-corrected chi connectivity index (χ3v) is 1.93. The summed E-state index contributed by atoms with van der Waals surface area (Å²) in [7, 11) is 0. The fraction of sp³-hybridized carbons (Fsp3) is 0.125. The van der Waals surface area contributed by atoms with Gasteiger partial charge in [0.05, 0.1) is 16.3 Å². The van der Waals surface area contributed by atoms with E-state index in [1.165, 1.54) is 0 Å². The Bertz CT molecular complexity index is 376. The molecule has 0 atom stereocenters. The van der Waals surface area contributed by atoms with Gasteiger partial charge in [0.15, 0.2) is 6.29 Å². The number of aldehydes is 1. The highest BCUT2D eigenvalue weighted by molar-refractivity contribution is 6.33. The second kappa shape index (κ2) is 3.49.